The van der Waals surface area contributed by atoms with Crippen LogP contribution in [0.2, 0.25) is 5.02 Å². The van der Waals surface area contributed by atoms with Gasteiger partial charge < -0.3 is 0 Å². The average molecular weight is 252 g/mol. The second-order valence-corrected chi connectivity index (χ2v) is 3.78. The Balaban J connectivity index is 2.96. The Morgan fingerprint density at radius 3 is 2.75 bits per heavy atom. The van der Waals surface area contributed by atoms with Gasteiger partial charge >= 0.3 is 0 Å². The van der Waals surface area contributed by atoms with Gasteiger partial charge in [0.2, 0.25) is 0 Å². The first-order valence-corrected chi connectivity index (χ1v) is 5.16. The van der Waals surface area contributed by atoms with Gasteiger partial charge in [-0.05, 0) is 23.6 Å². The molecule has 0 aliphatic rings. The molecule has 0 amide bonds. The molecule has 1 aromatic carbocycles. The van der Waals surface area contributed by atoms with Crippen molar-refractivity contribution in [3.63, 3.8) is 0 Å². The van der Waals surface area contributed by atoms with Gasteiger partial charge in [0.05, 0.1) is 5.02 Å². The SMILES string of the molecule is CC(CBr)c1ccc(F)c(Cl)c1. The Morgan fingerprint density at radius 2 is 2.25 bits per heavy atom. The van der Waals surface area contributed by atoms with E-state index in [4.69, 9.17) is 11.6 Å². The molecule has 1 aromatic rings. The fraction of sp³-hybridized carbons (Fsp3) is 0.333. The molecule has 0 spiro atoms. The van der Waals surface area contributed by atoms with E-state index in [2.05, 4.69) is 22.9 Å². The first-order valence-electron chi connectivity index (χ1n) is 3.66. The maximum absolute atomic E-state index is 12.7. The van der Waals surface area contributed by atoms with Gasteiger partial charge in [-0.25, -0.2) is 4.39 Å². The van der Waals surface area contributed by atoms with Crippen molar-refractivity contribution < 1.29 is 4.39 Å². The van der Waals surface area contributed by atoms with Crippen LogP contribution in [0.5, 0.6) is 0 Å². The average Bonchev–Trinajstić information content (AvgIpc) is 2.08. The lowest BCUT2D eigenvalue weighted by molar-refractivity contribution is 0.627. The van der Waals surface area contributed by atoms with E-state index in [1.54, 1.807) is 12.1 Å². The maximum atomic E-state index is 12.7. The Labute approximate surface area is 84.9 Å². The van der Waals surface area contributed by atoms with Crippen LogP contribution < -0.4 is 0 Å². The second-order valence-electron chi connectivity index (χ2n) is 2.73. The Bertz CT molecular complexity index is 275. The van der Waals surface area contributed by atoms with Crippen molar-refractivity contribution in [2.45, 2.75) is 12.8 Å². The molecule has 12 heavy (non-hydrogen) atoms. The van der Waals surface area contributed by atoms with Gasteiger partial charge in [0.15, 0.2) is 0 Å². The fourth-order valence-electron chi connectivity index (χ4n) is 0.908. The van der Waals surface area contributed by atoms with E-state index < -0.39 is 0 Å². The highest BCUT2D eigenvalue weighted by Gasteiger charge is 2.06. The Kier molecular flexibility index (Phi) is 3.53. The Hall–Kier alpha value is -0.0800. The zero-order valence-corrected chi connectivity index (χ0v) is 8.99. The third-order valence-corrected chi connectivity index (χ3v) is 3.01. The predicted octanol–water partition coefficient (Wildman–Crippen LogP) is 3.98. The van der Waals surface area contributed by atoms with Crippen LogP contribution in [0, 0.1) is 5.82 Å². The van der Waals surface area contributed by atoms with E-state index in [1.165, 1.54) is 6.07 Å². The van der Waals surface area contributed by atoms with Crippen molar-refractivity contribution in [3.8, 4) is 0 Å². The summed E-state index contributed by atoms with van der Waals surface area (Å²) >= 11 is 8.98. The van der Waals surface area contributed by atoms with E-state index in [0.29, 0.717) is 5.92 Å². The molecule has 0 fully saturated rings. The molecule has 0 aromatic heterocycles. The number of hydrogen-bond donors (Lipinski definition) is 0. The lowest BCUT2D eigenvalue weighted by Gasteiger charge is -2.07. The third-order valence-electron chi connectivity index (χ3n) is 1.74. The van der Waals surface area contributed by atoms with Gasteiger partial charge in [0, 0.05) is 5.33 Å². The molecular formula is C9H9BrClF. The molecule has 0 saturated carbocycles. The first kappa shape index (κ1) is 10.0. The monoisotopic (exact) mass is 250 g/mol. The maximum Gasteiger partial charge on any atom is 0.141 e. The lowest BCUT2D eigenvalue weighted by Crippen LogP contribution is -1.94. The summed E-state index contributed by atoms with van der Waals surface area (Å²) in [7, 11) is 0. The van der Waals surface area contributed by atoms with E-state index in [0.717, 1.165) is 10.9 Å². The van der Waals surface area contributed by atoms with Crippen LogP contribution >= 0.6 is 27.5 Å². The van der Waals surface area contributed by atoms with Crippen molar-refractivity contribution in [1.82, 2.24) is 0 Å². The molecule has 0 aliphatic heterocycles. The first-order chi connectivity index (χ1) is 5.65. The summed E-state index contributed by atoms with van der Waals surface area (Å²) < 4.78 is 12.7. The minimum Gasteiger partial charge on any atom is -0.205 e. The molecule has 0 nitrogen and oxygen atoms in total. The van der Waals surface area contributed by atoms with Crippen LogP contribution in [0.1, 0.15) is 18.4 Å². The summed E-state index contributed by atoms with van der Waals surface area (Å²) in [6.45, 7) is 2.05. The summed E-state index contributed by atoms with van der Waals surface area (Å²) in [5.41, 5.74) is 1.05. The summed E-state index contributed by atoms with van der Waals surface area (Å²) in [5, 5.41) is 1.05. The minimum absolute atomic E-state index is 0.195. The molecule has 0 heterocycles. The van der Waals surface area contributed by atoms with Crippen molar-refractivity contribution in [1.29, 1.82) is 0 Å². The smallest absolute Gasteiger partial charge is 0.141 e. The fourth-order valence-corrected chi connectivity index (χ4v) is 1.47. The molecule has 0 radical (unpaired) electrons. The highest BCUT2D eigenvalue weighted by Crippen LogP contribution is 2.22. The largest absolute Gasteiger partial charge is 0.205 e. The van der Waals surface area contributed by atoms with Crippen LogP contribution in [-0.4, -0.2) is 5.33 Å². The van der Waals surface area contributed by atoms with Gasteiger partial charge in [-0.2, -0.15) is 0 Å². The summed E-state index contributed by atoms with van der Waals surface area (Å²) in [6, 6.07) is 4.83. The molecule has 66 valence electrons. The van der Waals surface area contributed by atoms with Crippen molar-refractivity contribution in [2.24, 2.45) is 0 Å². The normalized spacial score (nSPS) is 13.0. The van der Waals surface area contributed by atoms with E-state index >= 15 is 0 Å². The molecule has 0 saturated heterocycles. The van der Waals surface area contributed by atoms with Gasteiger partial charge in [-0.1, -0.05) is 40.5 Å². The van der Waals surface area contributed by atoms with Crippen LogP contribution in [0.15, 0.2) is 18.2 Å². The minimum atomic E-state index is -0.359. The van der Waals surface area contributed by atoms with Crippen molar-refractivity contribution in [2.75, 3.05) is 5.33 Å². The topological polar surface area (TPSA) is 0 Å². The molecular weight excluding hydrogens is 242 g/mol. The van der Waals surface area contributed by atoms with Crippen LogP contribution in [0.25, 0.3) is 0 Å². The number of alkyl halides is 1. The van der Waals surface area contributed by atoms with Gasteiger partial charge in [-0.15, -0.1) is 0 Å². The van der Waals surface area contributed by atoms with Crippen LogP contribution in [0.4, 0.5) is 4.39 Å². The quantitative estimate of drug-likeness (QED) is 0.698. The molecule has 3 heteroatoms. The van der Waals surface area contributed by atoms with E-state index in [9.17, 15) is 4.39 Å². The van der Waals surface area contributed by atoms with Crippen molar-refractivity contribution >= 4 is 27.5 Å². The zero-order valence-electron chi connectivity index (χ0n) is 6.65. The number of benzene rings is 1. The molecule has 0 bridgehead atoms. The van der Waals surface area contributed by atoms with Gasteiger partial charge in [0.1, 0.15) is 5.82 Å². The predicted molar refractivity (Wildman–Crippen MR) is 53.6 cm³/mol. The molecule has 1 atom stereocenters. The van der Waals surface area contributed by atoms with Gasteiger partial charge in [0.25, 0.3) is 0 Å². The standard InChI is InChI=1S/C9H9BrClF/c1-6(5-10)7-2-3-9(12)8(11)4-7/h2-4,6H,5H2,1H3. The number of hydrogen-bond acceptors (Lipinski definition) is 0. The number of halogens is 3. The zero-order chi connectivity index (χ0) is 9.14. The summed E-state index contributed by atoms with van der Waals surface area (Å²) in [6.07, 6.45) is 0. The number of rotatable bonds is 2. The van der Waals surface area contributed by atoms with Crippen LogP contribution in [0.3, 0.4) is 0 Å². The Morgan fingerprint density at radius 1 is 1.58 bits per heavy atom. The van der Waals surface area contributed by atoms with E-state index in [1.807, 2.05) is 0 Å². The second kappa shape index (κ2) is 4.24. The van der Waals surface area contributed by atoms with Gasteiger partial charge in [-0.3, -0.25) is 0 Å². The van der Waals surface area contributed by atoms with E-state index in [-0.39, 0.29) is 10.8 Å². The van der Waals surface area contributed by atoms with Crippen LogP contribution in [-0.2, 0) is 0 Å². The summed E-state index contributed by atoms with van der Waals surface area (Å²) in [5.74, 6) is 0.00490. The van der Waals surface area contributed by atoms with Crippen molar-refractivity contribution in [3.05, 3.63) is 34.6 Å². The highest BCUT2D eigenvalue weighted by molar-refractivity contribution is 9.09. The third kappa shape index (κ3) is 2.20. The molecule has 0 N–H and O–H groups in total. The lowest BCUT2D eigenvalue weighted by atomic mass is 10.0. The molecule has 0 aliphatic carbocycles. The molecule has 1 rings (SSSR count). The molecule has 1 unspecified atom stereocenters. The summed E-state index contributed by atoms with van der Waals surface area (Å²) in [4.78, 5) is 0. The highest BCUT2D eigenvalue weighted by atomic mass is 79.9.